The van der Waals surface area contributed by atoms with Gasteiger partial charge in [-0.1, -0.05) is 39.0 Å². The van der Waals surface area contributed by atoms with E-state index in [-0.39, 0.29) is 23.6 Å². The number of carbonyl (C=O) groups excluding carboxylic acids is 3. The van der Waals surface area contributed by atoms with Gasteiger partial charge in [-0.2, -0.15) is 8.78 Å². The minimum Gasteiger partial charge on any atom is -0.434 e. The van der Waals surface area contributed by atoms with Gasteiger partial charge in [0.05, 0.1) is 0 Å². The average molecular weight is 437 g/mol. The zero-order valence-electron chi connectivity index (χ0n) is 18.0. The van der Waals surface area contributed by atoms with Crippen LogP contribution < -0.4 is 15.4 Å². The molecular formula is C22H29F2N3O4. The maximum atomic E-state index is 13.0. The van der Waals surface area contributed by atoms with Gasteiger partial charge in [-0.05, 0) is 43.1 Å². The Balaban J connectivity index is 1.58. The molecule has 9 heteroatoms. The Morgan fingerprint density at radius 1 is 1.26 bits per heavy atom. The largest absolute Gasteiger partial charge is 0.434 e. The summed E-state index contributed by atoms with van der Waals surface area (Å²) in [4.78, 5) is 38.7. The number of nitrogens with zero attached hydrogens (tertiary/aromatic N) is 1. The Morgan fingerprint density at radius 2 is 1.90 bits per heavy atom. The van der Waals surface area contributed by atoms with Crippen molar-refractivity contribution in [3.05, 3.63) is 29.8 Å². The minimum atomic E-state index is -2.98. The van der Waals surface area contributed by atoms with Crippen molar-refractivity contribution in [2.24, 2.45) is 11.3 Å². The van der Waals surface area contributed by atoms with E-state index in [0.29, 0.717) is 24.3 Å². The summed E-state index contributed by atoms with van der Waals surface area (Å²) in [6.07, 6.45) is 2.76. The van der Waals surface area contributed by atoms with Crippen molar-refractivity contribution in [1.82, 2.24) is 15.5 Å². The molecule has 1 spiro atoms. The standard InChI is InChI=1S/C22H29F2N3O4/c1-21(2,3)15-8-10-22(11-9-15)18(29)27(20(30)26-22)13-17(28)25-12-14-6-4-5-7-16(14)31-19(23)24/h4-7,15,19H,8-13H2,1-3H3,(H,25,28)(H,26,30). The maximum Gasteiger partial charge on any atom is 0.387 e. The van der Waals surface area contributed by atoms with E-state index >= 15 is 0 Å². The summed E-state index contributed by atoms with van der Waals surface area (Å²) in [7, 11) is 0. The van der Waals surface area contributed by atoms with Crippen LogP contribution >= 0.6 is 0 Å². The van der Waals surface area contributed by atoms with Crippen molar-refractivity contribution in [1.29, 1.82) is 0 Å². The van der Waals surface area contributed by atoms with E-state index in [9.17, 15) is 23.2 Å². The molecule has 31 heavy (non-hydrogen) atoms. The van der Waals surface area contributed by atoms with Crippen LogP contribution in [0.15, 0.2) is 24.3 Å². The van der Waals surface area contributed by atoms with E-state index in [1.165, 1.54) is 6.07 Å². The van der Waals surface area contributed by atoms with Gasteiger partial charge >= 0.3 is 12.6 Å². The van der Waals surface area contributed by atoms with Crippen LogP contribution in [-0.2, 0) is 16.1 Å². The molecule has 2 N–H and O–H groups in total. The number of benzene rings is 1. The van der Waals surface area contributed by atoms with Gasteiger partial charge in [0.2, 0.25) is 5.91 Å². The molecular weight excluding hydrogens is 408 g/mol. The third kappa shape index (κ3) is 5.14. The van der Waals surface area contributed by atoms with E-state index in [4.69, 9.17) is 0 Å². The highest BCUT2D eigenvalue weighted by Crippen LogP contribution is 2.43. The van der Waals surface area contributed by atoms with Crippen molar-refractivity contribution in [2.75, 3.05) is 6.54 Å². The Kier molecular flexibility index (Phi) is 6.52. The molecule has 0 radical (unpaired) electrons. The molecule has 0 unspecified atom stereocenters. The number of urea groups is 1. The highest BCUT2D eigenvalue weighted by molar-refractivity contribution is 6.09. The first-order valence-corrected chi connectivity index (χ1v) is 10.5. The predicted octanol–water partition coefficient (Wildman–Crippen LogP) is 3.43. The van der Waals surface area contributed by atoms with Crippen LogP contribution in [0.1, 0.15) is 52.0 Å². The predicted molar refractivity (Wildman–Crippen MR) is 109 cm³/mol. The smallest absolute Gasteiger partial charge is 0.387 e. The summed E-state index contributed by atoms with van der Waals surface area (Å²) < 4.78 is 29.5. The molecule has 1 aliphatic heterocycles. The summed E-state index contributed by atoms with van der Waals surface area (Å²) in [6, 6.07) is 5.53. The summed E-state index contributed by atoms with van der Waals surface area (Å²) in [5.74, 6) is -0.504. The fraction of sp³-hybridized carbons (Fsp3) is 0.591. The van der Waals surface area contributed by atoms with Crippen molar-refractivity contribution < 1.29 is 27.9 Å². The Morgan fingerprint density at radius 3 is 2.52 bits per heavy atom. The molecule has 1 aromatic rings. The second-order valence-corrected chi connectivity index (χ2v) is 9.31. The maximum absolute atomic E-state index is 13.0. The molecule has 2 aliphatic rings. The number of alkyl halides is 2. The van der Waals surface area contributed by atoms with Crippen LogP contribution in [0, 0.1) is 11.3 Å². The molecule has 1 aromatic carbocycles. The van der Waals surface area contributed by atoms with Crippen molar-refractivity contribution in [2.45, 2.75) is 65.1 Å². The van der Waals surface area contributed by atoms with Gasteiger partial charge < -0.3 is 15.4 Å². The molecule has 1 saturated carbocycles. The second kappa shape index (κ2) is 8.80. The van der Waals surface area contributed by atoms with Crippen LogP contribution in [0.3, 0.4) is 0 Å². The van der Waals surface area contributed by atoms with Crippen molar-refractivity contribution in [3.63, 3.8) is 0 Å². The van der Waals surface area contributed by atoms with Crippen LogP contribution in [-0.4, -0.2) is 41.4 Å². The summed E-state index contributed by atoms with van der Waals surface area (Å²) in [6.45, 7) is 3.05. The van der Waals surface area contributed by atoms with Gasteiger partial charge in [-0.25, -0.2) is 4.79 Å². The molecule has 1 aliphatic carbocycles. The molecule has 3 rings (SSSR count). The molecule has 4 amide bonds. The van der Waals surface area contributed by atoms with Crippen molar-refractivity contribution >= 4 is 17.8 Å². The van der Waals surface area contributed by atoms with Gasteiger partial charge in [0.15, 0.2) is 0 Å². The lowest BCUT2D eigenvalue weighted by atomic mass is 9.67. The van der Waals surface area contributed by atoms with Crippen LogP contribution in [0.25, 0.3) is 0 Å². The van der Waals surface area contributed by atoms with Crippen LogP contribution in [0.2, 0.25) is 0 Å². The molecule has 0 bridgehead atoms. The Bertz CT molecular complexity index is 845. The van der Waals surface area contributed by atoms with Gasteiger partial charge in [0.1, 0.15) is 17.8 Å². The lowest BCUT2D eigenvalue weighted by molar-refractivity contribution is -0.136. The molecule has 1 heterocycles. The first-order valence-electron chi connectivity index (χ1n) is 10.5. The molecule has 7 nitrogen and oxygen atoms in total. The Labute approximate surface area is 180 Å². The van der Waals surface area contributed by atoms with E-state index in [1.54, 1.807) is 18.2 Å². The van der Waals surface area contributed by atoms with E-state index in [2.05, 4.69) is 36.1 Å². The SMILES string of the molecule is CC(C)(C)C1CCC2(CC1)NC(=O)N(CC(=O)NCc1ccccc1OC(F)F)C2=O. The number of ether oxygens (including phenoxy) is 1. The number of hydrogen-bond acceptors (Lipinski definition) is 4. The molecule has 0 atom stereocenters. The fourth-order valence-corrected chi connectivity index (χ4v) is 4.39. The average Bonchev–Trinajstić information content (AvgIpc) is 2.90. The highest BCUT2D eigenvalue weighted by Gasteiger charge is 2.53. The number of imide groups is 1. The molecule has 170 valence electrons. The summed E-state index contributed by atoms with van der Waals surface area (Å²) >= 11 is 0. The quantitative estimate of drug-likeness (QED) is 0.668. The lowest BCUT2D eigenvalue weighted by Gasteiger charge is -2.40. The fourth-order valence-electron chi connectivity index (χ4n) is 4.39. The Hall–Kier alpha value is -2.71. The zero-order valence-corrected chi connectivity index (χ0v) is 18.0. The van der Waals surface area contributed by atoms with Crippen LogP contribution in [0.4, 0.5) is 13.6 Å². The third-order valence-corrected chi connectivity index (χ3v) is 6.28. The van der Waals surface area contributed by atoms with Gasteiger partial charge in [-0.15, -0.1) is 0 Å². The lowest BCUT2D eigenvalue weighted by Crippen LogP contribution is -2.51. The number of hydrogen-bond donors (Lipinski definition) is 2. The van der Waals surface area contributed by atoms with Gasteiger partial charge in [0, 0.05) is 12.1 Å². The van der Waals surface area contributed by atoms with E-state index in [0.717, 1.165) is 17.7 Å². The first kappa shape index (κ1) is 23.0. The zero-order chi connectivity index (χ0) is 22.8. The van der Waals surface area contributed by atoms with Crippen molar-refractivity contribution in [3.8, 4) is 5.75 Å². The number of nitrogens with one attached hydrogen (secondary N) is 2. The van der Waals surface area contributed by atoms with Crippen LogP contribution in [0.5, 0.6) is 5.75 Å². The number of carbonyl (C=O) groups is 3. The number of halogens is 2. The van der Waals surface area contributed by atoms with Gasteiger partial charge in [0.25, 0.3) is 5.91 Å². The second-order valence-electron chi connectivity index (χ2n) is 9.31. The van der Waals surface area contributed by atoms with E-state index in [1.807, 2.05) is 0 Å². The normalized spacial score (nSPS) is 23.9. The number of amides is 4. The van der Waals surface area contributed by atoms with E-state index < -0.39 is 30.6 Å². The summed E-state index contributed by atoms with van der Waals surface area (Å²) in [5.41, 5.74) is -0.432. The minimum absolute atomic E-state index is 0.0395. The topological polar surface area (TPSA) is 87.7 Å². The molecule has 0 aromatic heterocycles. The first-order chi connectivity index (χ1) is 14.5. The highest BCUT2D eigenvalue weighted by atomic mass is 19.3. The third-order valence-electron chi connectivity index (χ3n) is 6.28. The number of para-hydroxylation sites is 1. The number of rotatable bonds is 6. The molecule has 1 saturated heterocycles. The monoisotopic (exact) mass is 437 g/mol. The molecule has 2 fully saturated rings. The summed E-state index contributed by atoms with van der Waals surface area (Å²) in [5, 5.41) is 5.37. The van der Waals surface area contributed by atoms with Gasteiger partial charge in [-0.3, -0.25) is 14.5 Å².